The molecule has 2 aromatic heterocycles. The lowest BCUT2D eigenvalue weighted by atomic mass is 9.98. The number of morpholine rings is 1. The molecule has 0 saturated carbocycles. The maximum atomic E-state index is 13.3. The van der Waals surface area contributed by atoms with Crippen LogP contribution in [0.3, 0.4) is 0 Å². The number of hydrogen-bond acceptors (Lipinski definition) is 9. The van der Waals surface area contributed by atoms with E-state index in [1.54, 1.807) is 16.8 Å². The van der Waals surface area contributed by atoms with E-state index >= 15 is 0 Å². The molecule has 11 heteroatoms. The van der Waals surface area contributed by atoms with E-state index in [9.17, 15) is 15.0 Å². The van der Waals surface area contributed by atoms with Crippen LogP contribution >= 0.6 is 0 Å². The van der Waals surface area contributed by atoms with Crippen LogP contribution in [0.25, 0.3) is 17.1 Å². The quantitative estimate of drug-likeness (QED) is 0.409. The monoisotopic (exact) mass is 521 g/mol. The highest BCUT2D eigenvalue weighted by Gasteiger charge is 2.25. The molecule has 0 aliphatic carbocycles. The van der Waals surface area contributed by atoms with E-state index in [0.717, 1.165) is 38.5 Å². The van der Waals surface area contributed by atoms with Crippen LogP contribution in [0.4, 0.5) is 5.82 Å². The van der Waals surface area contributed by atoms with E-state index in [1.165, 1.54) is 18.9 Å². The molecular weight excluding hydrogens is 486 g/mol. The molecule has 38 heavy (non-hydrogen) atoms. The third kappa shape index (κ3) is 5.44. The summed E-state index contributed by atoms with van der Waals surface area (Å²) in [5, 5.41) is 32.6. The number of rotatable bonds is 8. The van der Waals surface area contributed by atoms with Gasteiger partial charge >= 0.3 is 0 Å². The number of pyridine rings is 1. The molecule has 4 heterocycles. The van der Waals surface area contributed by atoms with Gasteiger partial charge in [-0.3, -0.25) is 9.36 Å². The number of benzene rings is 1. The van der Waals surface area contributed by atoms with Gasteiger partial charge < -0.3 is 30.1 Å². The first-order valence-electron chi connectivity index (χ1n) is 13.2. The lowest BCUT2D eigenvalue weighted by molar-refractivity contribution is 0.0937. The molecule has 3 N–H and O–H groups in total. The number of ether oxygens (including phenoxy) is 1. The number of amides is 1. The number of hydrogen-bond donors (Lipinski definition) is 3. The fraction of sp³-hybridized carbons (Fsp3) is 0.481. The molecular formula is C27H35N7O4. The Labute approximate surface area is 222 Å². The van der Waals surface area contributed by atoms with Crippen LogP contribution in [0.1, 0.15) is 48.8 Å². The SMILES string of the molecule is CC(C)c1cc(-c2nnc(C(=O)NCCN3CCCC3)n2-c2ccc(N3CCOCC3)nc2)c(O)cc1O. The largest absolute Gasteiger partial charge is 0.508 e. The molecule has 0 bridgehead atoms. The molecule has 0 spiro atoms. The van der Waals surface area contributed by atoms with E-state index in [1.807, 2.05) is 26.0 Å². The summed E-state index contributed by atoms with van der Waals surface area (Å²) in [4.78, 5) is 22.4. The number of aromatic hydroxyl groups is 2. The molecule has 1 amide bonds. The van der Waals surface area contributed by atoms with Crippen LogP contribution in [0, 0.1) is 0 Å². The van der Waals surface area contributed by atoms with Crippen molar-refractivity contribution in [3.05, 3.63) is 41.9 Å². The van der Waals surface area contributed by atoms with Crippen molar-refractivity contribution in [1.82, 2.24) is 30.0 Å². The fourth-order valence-electron chi connectivity index (χ4n) is 4.99. The Morgan fingerprint density at radius 1 is 1.05 bits per heavy atom. The zero-order valence-corrected chi connectivity index (χ0v) is 21.9. The standard InChI is InChI=1S/C27H35N7O4/c1-18(2)20-15-21(23(36)16-22(20)35)25-30-31-26(27(37)28-7-10-32-8-3-4-9-32)34(25)19-5-6-24(29-17-19)33-11-13-38-14-12-33/h5-6,15-18,35-36H,3-4,7-14H2,1-2H3,(H,28,37). The van der Waals surface area contributed by atoms with Crippen molar-refractivity contribution in [2.45, 2.75) is 32.6 Å². The number of carbonyl (C=O) groups excluding carboxylic acids is 1. The second kappa shape index (κ2) is 11.4. The maximum absolute atomic E-state index is 13.3. The minimum Gasteiger partial charge on any atom is -0.508 e. The average Bonchev–Trinajstić information content (AvgIpc) is 3.60. The van der Waals surface area contributed by atoms with Gasteiger partial charge in [-0.2, -0.15) is 0 Å². The highest BCUT2D eigenvalue weighted by atomic mass is 16.5. The second-order valence-corrected chi connectivity index (χ2v) is 10.0. The Balaban J connectivity index is 1.50. The number of phenolic OH excluding ortho intramolecular Hbond substituents is 2. The summed E-state index contributed by atoms with van der Waals surface area (Å²) in [6.45, 7) is 10.1. The van der Waals surface area contributed by atoms with Gasteiger partial charge in [0, 0.05) is 32.2 Å². The van der Waals surface area contributed by atoms with Gasteiger partial charge in [0.25, 0.3) is 5.91 Å². The van der Waals surface area contributed by atoms with Crippen LogP contribution in [0.5, 0.6) is 11.5 Å². The van der Waals surface area contributed by atoms with Gasteiger partial charge in [-0.1, -0.05) is 13.8 Å². The number of phenols is 2. The highest BCUT2D eigenvalue weighted by Crippen LogP contribution is 2.38. The minimum absolute atomic E-state index is 0.00345. The second-order valence-electron chi connectivity index (χ2n) is 10.0. The van der Waals surface area contributed by atoms with E-state index in [2.05, 4.69) is 30.3 Å². The van der Waals surface area contributed by atoms with E-state index in [-0.39, 0.29) is 35.0 Å². The first-order valence-corrected chi connectivity index (χ1v) is 13.2. The van der Waals surface area contributed by atoms with Gasteiger partial charge in [0.1, 0.15) is 17.3 Å². The van der Waals surface area contributed by atoms with E-state index in [0.29, 0.717) is 36.6 Å². The smallest absolute Gasteiger partial charge is 0.289 e. The molecule has 2 aliphatic rings. The summed E-state index contributed by atoms with van der Waals surface area (Å²) < 4.78 is 7.05. The summed E-state index contributed by atoms with van der Waals surface area (Å²) in [5.74, 6) is 0.702. The molecule has 2 aliphatic heterocycles. The molecule has 3 aromatic rings. The number of carbonyl (C=O) groups is 1. The van der Waals surface area contributed by atoms with Gasteiger partial charge in [-0.15, -0.1) is 10.2 Å². The Morgan fingerprint density at radius 3 is 2.50 bits per heavy atom. The Kier molecular flexibility index (Phi) is 7.75. The lowest BCUT2D eigenvalue weighted by Gasteiger charge is -2.27. The third-order valence-corrected chi connectivity index (χ3v) is 7.11. The molecule has 11 nitrogen and oxygen atoms in total. The van der Waals surface area contributed by atoms with Gasteiger partial charge in [-0.25, -0.2) is 4.98 Å². The highest BCUT2D eigenvalue weighted by molar-refractivity contribution is 5.92. The Morgan fingerprint density at radius 2 is 1.82 bits per heavy atom. The molecule has 202 valence electrons. The molecule has 0 radical (unpaired) electrons. The van der Waals surface area contributed by atoms with Crippen molar-refractivity contribution in [3.8, 4) is 28.6 Å². The van der Waals surface area contributed by atoms with Crippen molar-refractivity contribution >= 4 is 11.7 Å². The molecule has 2 saturated heterocycles. The van der Waals surface area contributed by atoms with E-state index in [4.69, 9.17) is 4.74 Å². The van der Waals surface area contributed by atoms with Gasteiger partial charge in [0.15, 0.2) is 5.82 Å². The first kappa shape index (κ1) is 25.9. The maximum Gasteiger partial charge on any atom is 0.289 e. The number of nitrogens with zero attached hydrogens (tertiary/aromatic N) is 6. The van der Waals surface area contributed by atoms with Crippen molar-refractivity contribution in [1.29, 1.82) is 0 Å². The summed E-state index contributed by atoms with van der Waals surface area (Å²) in [6, 6.07) is 6.77. The summed E-state index contributed by atoms with van der Waals surface area (Å²) in [7, 11) is 0. The minimum atomic E-state index is -0.359. The molecule has 2 fully saturated rings. The predicted octanol–water partition coefficient (Wildman–Crippen LogP) is 2.53. The van der Waals surface area contributed by atoms with Crippen molar-refractivity contribution in [2.75, 3.05) is 57.4 Å². The van der Waals surface area contributed by atoms with Crippen LogP contribution < -0.4 is 10.2 Å². The van der Waals surface area contributed by atoms with Crippen LogP contribution in [-0.4, -0.2) is 93.3 Å². The zero-order chi connectivity index (χ0) is 26.6. The lowest BCUT2D eigenvalue weighted by Crippen LogP contribution is -2.36. The van der Waals surface area contributed by atoms with Gasteiger partial charge in [-0.05, 0) is 55.6 Å². The number of aromatic nitrogens is 4. The predicted molar refractivity (Wildman–Crippen MR) is 143 cm³/mol. The number of anilines is 1. The van der Waals surface area contributed by atoms with Crippen molar-refractivity contribution < 1.29 is 19.7 Å². The third-order valence-electron chi connectivity index (χ3n) is 7.11. The molecule has 0 atom stereocenters. The summed E-state index contributed by atoms with van der Waals surface area (Å²) in [5.41, 5.74) is 1.61. The normalized spacial score (nSPS) is 16.3. The summed E-state index contributed by atoms with van der Waals surface area (Å²) >= 11 is 0. The molecule has 0 unspecified atom stereocenters. The Hall–Kier alpha value is -3.70. The van der Waals surface area contributed by atoms with Crippen LogP contribution in [0.15, 0.2) is 30.5 Å². The topological polar surface area (TPSA) is 129 Å². The van der Waals surface area contributed by atoms with E-state index < -0.39 is 0 Å². The number of likely N-dealkylation sites (tertiary alicyclic amines) is 1. The van der Waals surface area contributed by atoms with Gasteiger partial charge in [0.2, 0.25) is 5.82 Å². The fourth-order valence-corrected chi connectivity index (χ4v) is 4.99. The number of nitrogens with one attached hydrogen (secondary N) is 1. The van der Waals surface area contributed by atoms with Gasteiger partial charge in [0.05, 0.1) is 30.7 Å². The molecule has 5 rings (SSSR count). The first-order chi connectivity index (χ1) is 18.4. The average molecular weight is 522 g/mol. The van der Waals surface area contributed by atoms with Crippen molar-refractivity contribution in [2.24, 2.45) is 0 Å². The van der Waals surface area contributed by atoms with Crippen LogP contribution in [-0.2, 0) is 4.74 Å². The van der Waals surface area contributed by atoms with Crippen LogP contribution in [0.2, 0.25) is 0 Å². The zero-order valence-electron chi connectivity index (χ0n) is 21.9. The van der Waals surface area contributed by atoms with Crippen molar-refractivity contribution in [3.63, 3.8) is 0 Å². The molecule has 1 aromatic carbocycles. The summed E-state index contributed by atoms with van der Waals surface area (Å²) in [6.07, 6.45) is 4.06. The Bertz CT molecular complexity index is 1260.